The number of piperidine rings is 1. The molecule has 0 saturated carbocycles. The van der Waals surface area contributed by atoms with E-state index in [1.54, 1.807) is 12.3 Å². The van der Waals surface area contributed by atoms with Crippen LogP contribution >= 0.6 is 0 Å². The minimum absolute atomic E-state index is 0.157. The highest BCUT2D eigenvalue weighted by atomic mass is 16.5. The van der Waals surface area contributed by atoms with Crippen molar-refractivity contribution in [3.63, 3.8) is 0 Å². The Hall–Kier alpha value is -2.61. The van der Waals surface area contributed by atoms with Crippen LogP contribution in [0.1, 0.15) is 36.8 Å². The van der Waals surface area contributed by atoms with E-state index in [2.05, 4.69) is 39.1 Å². The van der Waals surface area contributed by atoms with Crippen LogP contribution < -0.4 is 10.9 Å². The first-order chi connectivity index (χ1) is 15.1. The lowest BCUT2D eigenvalue weighted by Gasteiger charge is -2.33. The van der Waals surface area contributed by atoms with Gasteiger partial charge < -0.3 is 19.9 Å². The molecule has 0 aliphatic carbocycles. The topological polar surface area (TPSA) is 83.1 Å². The molecule has 1 aliphatic rings. The van der Waals surface area contributed by atoms with Crippen molar-refractivity contribution in [2.75, 3.05) is 20.1 Å². The van der Waals surface area contributed by atoms with Gasteiger partial charge in [0, 0.05) is 18.8 Å². The van der Waals surface area contributed by atoms with Gasteiger partial charge in [0.05, 0.1) is 17.7 Å². The van der Waals surface area contributed by atoms with Crippen LogP contribution in [0.2, 0.25) is 0 Å². The third kappa shape index (κ3) is 5.55. The van der Waals surface area contributed by atoms with E-state index >= 15 is 0 Å². The molecule has 0 radical (unpaired) electrons. The number of ether oxygens (including phenoxy) is 1. The van der Waals surface area contributed by atoms with Crippen LogP contribution in [0.25, 0.3) is 10.9 Å². The van der Waals surface area contributed by atoms with Gasteiger partial charge in [-0.1, -0.05) is 30.3 Å². The highest BCUT2D eigenvalue weighted by Crippen LogP contribution is 2.20. The summed E-state index contributed by atoms with van der Waals surface area (Å²) in [5.41, 5.74) is 2.37. The smallest absolute Gasteiger partial charge is 0.258 e. The number of pyridine rings is 1. The molecule has 31 heavy (non-hydrogen) atoms. The Balaban J connectivity index is 1.44. The lowest BCUT2D eigenvalue weighted by atomic mass is 9.90. The Morgan fingerprint density at radius 2 is 1.97 bits per heavy atom. The summed E-state index contributed by atoms with van der Waals surface area (Å²) in [6.07, 6.45) is 4.09. The van der Waals surface area contributed by atoms with Crippen LogP contribution in [0, 0.1) is 5.92 Å². The molecule has 1 unspecified atom stereocenters. The second-order valence-electron chi connectivity index (χ2n) is 8.46. The second-order valence-corrected chi connectivity index (χ2v) is 8.46. The normalized spacial score (nSPS) is 16.6. The average Bonchev–Trinajstić information content (AvgIpc) is 2.79. The molecule has 2 N–H and O–H groups in total. The maximum Gasteiger partial charge on any atom is 0.258 e. The molecule has 3 heterocycles. The van der Waals surface area contributed by atoms with Crippen LogP contribution in [0.5, 0.6) is 0 Å². The Morgan fingerprint density at radius 1 is 1.19 bits per heavy atom. The van der Waals surface area contributed by atoms with Gasteiger partial charge in [-0.15, -0.1) is 0 Å². The summed E-state index contributed by atoms with van der Waals surface area (Å²) in [6.45, 7) is 5.83. The monoisotopic (exact) mass is 421 g/mol. The molecule has 1 atom stereocenters. The molecule has 1 saturated heterocycles. The van der Waals surface area contributed by atoms with E-state index < -0.39 is 0 Å². The molecule has 7 heteroatoms. The van der Waals surface area contributed by atoms with E-state index in [-0.39, 0.29) is 12.2 Å². The van der Waals surface area contributed by atoms with E-state index in [0.717, 1.165) is 24.3 Å². The van der Waals surface area contributed by atoms with Gasteiger partial charge in [-0.3, -0.25) is 9.78 Å². The molecule has 0 bridgehead atoms. The van der Waals surface area contributed by atoms with Gasteiger partial charge in [-0.2, -0.15) is 0 Å². The number of fused-ring (bicyclic) bond motifs is 1. The first kappa shape index (κ1) is 21.6. The fraction of sp³-hybridized carbons (Fsp3) is 0.458. The van der Waals surface area contributed by atoms with Crippen molar-refractivity contribution in [3.8, 4) is 0 Å². The fourth-order valence-electron chi connectivity index (χ4n) is 4.16. The zero-order valence-electron chi connectivity index (χ0n) is 18.3. The van der Waals surface area contributed by atoms with Crippen molar-refractivity contribution in [2.24, 2.45) is 5.92 Å². The molecule has 1 fully saturated rings. The van der Waals surface area contributed by atoms with Gasteiger partial charge in [0.1, 0.15) is 17.9 Å². The SMILES string of the molecule is CC(NCc1nccc2c(=O)[nH]c(COCc3ccccc3)nc12)C1CCN(C)CC1. The van der Waals surface area contributed by atoms with Gasteiger partial charge >= 0.3 is 0 Å². The summed E-state index contributed by atoms with van der Waals surface area (Å²) in [7, 11) is 2.18. The largest absolute Gasteiger partial charge is 0.369 e. The average molecular weight is 422 g/mol. The van der Waals surface area contributed by atoms with E-state index in [4.69, 9.17) is 4.74 Å². The van der Waals surface area contributed by atoms with Crippen LogP contribution in [0.4, 0.5) is 0 Å². The zero-order chi connectivity index (χ0) is 21.6. The Morgan fingerprint density at radius 3 is 2.74 bits per heavy atom. The van der Waals surface area contributed by atoms with Crippen molar-refractivity contribution in [1.82, 2.24) is 25.2 Å². The predicted molar refractivity (Wildman–Crippen MR) is 122 cm³/mol. The zero-order valence-corrected chi connectivity index (χ0v) is 18.3. The molecule has 0 spiro atoms. The number of hydrogen-bond donors (Lipinski definition) is 2. The molecule has 7 nitrogen and oxygen atoms in total. The number of benzene rings is 1. The van der Waals surface area contributed by atoms with Crippen LogP contribution in [-0.4, -0.2) is 46.0 Å². The van der Waals surface area contributed by atoms with Gasteiger partial charge in [0.25, 0.3) is 5.56 Å². The quantitative estimate of drug-likeness (QED) is 0.582. The lowest BCUT2D eigenvalue weighted by Crippen LogP contribution is -2.40. The second kappa shape index (κ2) is 10.1. The van der Waals surface area contributed by atoms with Crippen molar-refractivity contribution < 1.29 is 4.74 Å². The van der Waals surface area contributed by atoms with E-state index in [1.807, 2.05) is 30.3 Å². The molecule has 3 aromatic rings. The number of rotatable bonds is 8. The summed E-state index contributed by atoms with van der Waals surface area (Å²) in [6, 6.07) is 12.1. The third-order valence-corrected chi connectivity index (χ3v) is 6.16. The molecule has 0 amide bonds. The van der Waals surface area contributed by atoms with E-state index in [0.29, 0.717) is 41.8 Å². The van der Waals surface area contributed by atoms with Gasteiger partial charge in [0.15, 0.2) is 0 Å². The minimum Gasteiger partial charge on any atom is -0.369 e. The number of hydrogen-bond acceptors (Lipinski definition) is 6. The molecule has 2 aromatic heterocycles. The maximum atomic E-state index is 12.6. The molecular formula is C24H31N5O2. The first-order valence-electron chi connectivity index (χ1n) is 11.0. The Kier molecular flexibility index (Phi) is 7.06. The number of aromatic amines is 1. The van der Waals surface area contributed by atoms with Gasteiger partial charge in [-0.25, -0.2) is 4.98 Å². The summed E-state index contributed by atoms with van der Waals surface area (Å²) in [4.78, 5) is 27.0. The molecule has 4 rings (SSSR count). The summed E-state index contributed by atoms with van der Waals surface area (Å²) in [5, 5.41) is 4.18. The van der Waals surface area contributed by atoms with Crippen LogP contribution in [0.15, 0.2) is 47.4 Å². The summed E-state index contributed by atoms with van der Waals surface area (Å²) in [5.74, 6) is 1.18. The standard InChI is InChI=1S/C24H31N5O2/c1-17(19-9-12-29(2)13-10-19)26-14-21-23-20(8-11-25-21)24(30)28-22(27-23)16-31-15-18-6-4-3-5-7-18/h3-8,11,17,19,26H,9-10,12-16H2,1-2H3,(H,27,28,30). The number of nitrogens with one attached hydrogen (secondary N) is 2. The van der Waals surface area contributed by atoms with Gasteiger partial charge in [0.2, 0.25) is 0 Å². The Bertz CT molecular complexity index is 1040. The van der Waals surface area contributed by atoms with Gasteiger partial charge in [-0.05, 0) is 57.5 Å². The molecule has 1 aliphatic heterocycles. The number of H-pyrrole nitrogens is 1. The van der Waals surface area contributed by atoms with Crippen molar-refractivity contribution >= 4 is 10.9 Å². The minimum atomic E-state index is -0.157. The number of likely N-dealkylation sites (tertiary alicyclic amines) is 1. The van der Waals surface area contributed by atoms with E-state index in [9.17, 15) is 4.79 Å². The molecular weight excluding hydrogens is 390 g/mol. The van der Waals surface area contributed by atoms with Crippen molar-refractivity contribution in [1.29, 1.82) is 0 Å². The summed E-state index contributed by atoms with van der Waals surface area (Å²) < 4.78 is 5.76. The highest BCUT2D eigenvalue weighted by molar-refractivity contribution is 5.79. The number of aromatic nitrogens is 3. The first-order valence-corrected chi connectivity index (χ1v) is 11.0. The Labute approximate surface area is 182 Å². The highest BCUT2D eigenvalue weighted by Gasteiger charge is 2.22. The lowest BCUT2D eigenvalue weighted by molar-refractivity contribution is 0.102. The van der Waals surface area contributed by atoms with Crippen molar-refractivity contribution in [2.45, 2.75) is 45.6 Å². The molecule has 1 aromatic carbocycles. The van der Waals surface area contributed by atoms with Crippen molar-refractivity contribution in [3.05, 3.63) is 70.0 Å². The van der Waals surface area contributed by atoms with E-state index in [1.165, 1.54) is 12.8 Å². The maximum absolute atomic E-state index is 12.6. The predicted octanol–water partition coefficient (Wildman–Crippen LogP) is 2.85. The summed E-state index contributed by atoms with van der Waals surface area (Å²) >= 11 is 0. The van der Waals surface area contributed by atoms with Crippen LogP contribution in [-0.2, 0) is 24.5 Å². The number of nitrogens with zero attached hydrogens (tertiary/aromatic N) is 3. The fourth-order valence-corrected chi connectivity index (χ4v) is 4.16. The third-order valence-electron chi connectivity index (χ3n) is 6.16. The molecule has 164 valence electrons. The van der Waals surface area contributed by atoms with Crippen LogP contribution in [0.3, 0.4) is 0 Å².